The smallest absolute Gasteiger partial charge is 0.273 e. The summed E-state index contributed by atoms with van der Waals surface area (Å²) in [5.41, 5.74) is 1.51. The minimum absolute atomic E-state index is 0.00491. The van der Waals surface area contributed by atoms with Gasteiger partial charge in [0.05, 0.1) is 5.01 Å². The highest BCUT2D eigenvalue weighted by molar-refractivity contribution is 7.09. The van der Waals surface area contributed by atoms with E-state index in [0.29, 0.717) is 12.1 Å². The lowest BCUT2D eigenvalue weighted by Gasteiger charge is -2.18. The van der Waals surface area contributed by atoms with Crippen molar-refractivity contribution in [1.82, 2.24) is 15.2 Å². The standard InChI is InChI=1S/C16H18FN3OS/c17-13-4-2-12(3-5-13)10-15-19-14(11-22-15)16(21)20-8-1-6-18-7-9-20/h2-5,11,18H,1,6-10H2. The first-order valence-corrected chi connectivity index (χ1v) is 8.29. The number of rotatable bonds is 3. The summed E-state index contributed by atoms with van der Waals surface area (Å²) >= 11 is 1.48. The Labute approximate surface area is 133 Å². The molecule has 22 heavy (non-hydrogen) atoms. The zero-order chi connectivity index (χ0) is 15.4. The van der Waals surface area contributed by atoms with Gasteiger partial charge in [0.1, 0.15) is 11.5 Å². The number of carbonyl (C=O) groups excluding carboxylic acids is 1. The van der Waals surface area contributed by atoms with Crippen LogP contribution in [0.1, 0.15) is 27.5 Å². The average Bonchev–Trinajstić information content (AvgIpc) is 2.82. The molecule has 0 aliphatic carbocycles. The Morgan fingerprint density at radius 2 is 2.09 bits per heavy atom. The summed E-state index contributed by atoms with van der Waals surface area (Å²) in [5, 5.41) is 5.98. The Morgan fingerprint density at radius 3 is 2.91 bits per heavy atom. The molecule has 6 heteroatoms. The van der Waals surface area contributed by atoms with Crippen molar-refractivity contribution in [2.45, 2.75) is 12.8 Å². The Hall–Kier alpha value is -1.79. The number of hydrogen-bond acceptors (Lipinski definition) is 4. The highest BCUT2D eigenvalue weighted by Gasteiger charge is 2.19. The summed E-state index contributed by atoms with van der Waals surface area (Å²) in [6, 6.07) is 6.38. The van der Waals surface area contributed by atoms with Gasteiger partial charge < -0.3 is 10.2 Å². The van der Waals surface area contributed by atoms with Gasteiger partial charge in [-0.2, -0.15) is 0 Å². The van der Waals surface area contributed by atoms with Crippen molar-refractivity contribution >= 4 is 17.2 Å². The number of carbonyl (C=O) groups is 1. The monoisotopic (exact) mass is 319 g/mol. The molecule has 1 amide bonds. The average molecular weight is 319 g/mol. The predicted octanol–water partition coefficient (Wildman–Crippen LogP) is 2.31. The third-order valence-electron chi connectivity index (χ3n) is 3.67. The molecule has 0 saturated carbocycles. The molecule has 0 spiro atoms. The van der Waals surface area contributed by atoms with Gasteiger partial charge in [-0.05, 0) is 30.7 Å². The Morgan fingerprint density at radius 1 is 1.27 bits per heavy atom. The number of nitrogens with one attached hydrogen (secondary N) is 1. The van der Waals surface area contributed by atoms with Crippen molar-refractivity contribution in [3.8, 4) is 0 Å². The molecule has 1 fully saturated rings. The van der Waals surface area contributed by atoms with Crippen LogP contribution >= 0.6 is 11.3 Å². The van der Waals surface area contributed by atoms with Gasteiger partial charge in [-0.3, -0.25) is 4.79 Å². The first-order valence-electron chi connectivity index (χ1n) is 7.41. The van der Waals surface area contributed by atoms with Crippen molar-refractivity contribution in [3.05, 3.63) is 51.7 Å². The molecule has 3 rings (SSSR count). The van der Waals surface area contributed by atoms with E-state index in [-0.39, 0.29) is 11.7 Å². The number of thiazole rings is 1. The fourth-order valence-electron chi connectivity index (χ4n) is 2.48. The molecule has 0 radical (unpaired) electrons. The van der Waals surface area contributed by atoms with E-state index in [9.17, 15) is 9.18 Å². The Bertz CT molecular complexity index is 633. The van der Waals surface area contributed by atoms with Gasteiger partial charge in [0, 0.05) is 31.4 Å². The maximum atomic E-state index is 12.9. The fourth-order valence-corrected chi connectivity index (χ4v) is 3.28. The van der Waals surface area contributed by atoms with Crippen molar-refractivity contribution in [1.29, 1.82) is 0 Å². The summed E-state index contributed by atoms with van der Waals surface area (Å²) in [4.78, 5) is 18.8. The van der Waals surface area contributed by atoms with Crippen molar-refractivity contribution in [2.24, 2.45) is 0 Å². The van der Waals surface area contributed by atoms with E-state index in [2.05, 4.69) is 10.3 Å². The number of aromatic nitrogens is 1. The molecular formula is C16H18FN3OS. The highest BCUT2D eigenvalue weighted by atomic mass is 32.1. The quantitative estimate of drug-likeness (QED) is 0.944. The van der Waals surface area contributed by atoms with Crippen LogP contribution in [0.5, 0.6) is 0 Å². The van der Waals surface area contributed by atoms with Gasteiger partial charge in [0.15, 0.2) is 0 Å². The molecule has 2 aromatic rings. The maximum Gasteiger partial charge on any atom is 0.273 e. The van der Waals surface area contributed by atoms with Gasteiger partial charge in [0.2, 0.25) is 0 Å². The SMILES string of the molecule is O=C(c1csc(Cc2ccc(F)cc2)n1)N1CCCNCC1. The normalized spacial score (nSPS) is 15.6. The van der Waals surface area contributed by atoms with Gasteiger partial charge >= 0.3 is 0 Å². The number of nitrogens with zero attached hydrogens (tertiary/aromatic N) is 2. The van der Waals surface area contributed by atoms with Gasteiger partial charge in [-0.15, -0.1) is 11.3 Å². The van der Waals surface area contributed by atoms with Crippen molar-refractivity contribution in [2.75, 3.05) is 26.2 Å². The fraction of sp³-hybridized carbons (Fsp3) is 0.375. The first-order chi connectivity index (χ1) is 10.7. The highest BCUT2D eigenvalue weighted by Crippen LogP contribution is 2.17. The summed E-state index contributed by atoms with van der Waals surface area (Å²) in [7, 11) is 0. The van der Waals surface area contributed by atoms with Crippen LogP contribution in [0, 0.1) is 5.82 Å². The van der Waals surface area contributed by atoms with Crippen LogP contribution in [0.2, 0.25) is 0 Å². The molecule has 1 aromatic carbocycles. The Balaban J connectivity index is 1.67. The second-order valence-electron chi connectivity index (χ2n) is 5.33. The molecule has 4 nitrogen and oxygen atoms in total. The van der Waals surface area contributed by atoms with Gasteiger partial charge in [-0.1, -0.05) is 12.1 Å². The van der Waals surface area contributed by atoms with Gasteiger partial charge in [0.25, 0.3) is 5.91 Å². The number of benzene rings is 1. The topological polar surface area (TPSA) is 45.2 Å². The third-order valence-corrected chi connectivity index (χ3v) is 4.52. The van der Waals surface area contributed by atoms with Crippen LogP contribution in [-0.2, 0) is 6.42 Å². The number of amides is 1. The van der Waals surface area contributed by atoms with E-state index in [1.54, 1.807) is 12.1 Å². The lowest BCUT2D eigenvalue weighted by Crippen LogP contribution is -2.34. The molecule has 116 valence electrons. The van der Waals surface area contributed by atoms with E-state index < -0.39 is 0 Å². The minimum atomic E-state index is -0.242. The summed E-state index contributed by atoms with van der Waals surface area (Å²) < 4.78 is 12.9. The van der Waals surface area contributed by atoms with E-state index in [4.69, 9.17) is 0 Å². The molecule has 0 atom stereocenters. The zero-order valence-corrected chi connectivity index (χ0v) is 13.0. The van der Waals surface area contributed by atoms with Gasteiger partial charge in [-0.25, -0.2) is 9.37 Å². The molecule has 1 N–H and O–H groups in total. The second-order valence-corrected chi connectivity index (χ2v) is 6.27. The molecule has 1 saturated heterocycles. The van der Waals surface area contributed by atoms with Crippen molar-refractivity contribution < 1.29 is 9.18 Å². The third kappa shape index (κ3) is 3.69. The van der Waals surface area contributed by atoms with E-state index in [1.807, 2.05) is 10.3 Å². The molecular weight excluding hydrogens is 301 g/mol. The zero-order valence-electron chi connectivity index (χ0n) is 12.2. The predicted molar refractivity (Wildman–Crippen MR) is 84.7 cm³/mol. The van der Waals surface area contributed by atoms with Crippen molar-refractivity contribution in [3.63, 3.8) is 0 Å². The molecule has 2 heterocycles. The van der Waals surface area contributed by atoms with Crippen LogP contribution in [0.4, 0.5) is 4.39 Å². The summed E-state index contributed by atoms with van der Waals surface area (Å²) in [6.07, 6.45) is 1.60. The number of hydrogen-bond donors (Lipinski definition) is 1. The van der Waals surface area contributed by atoms with E-state index >= 15 is 0 Å². The van der Waals surface area contributed by atoms with E-state index in [1.165, 1.54) is 23.5 Å². The molecule has 0 bridgehead atoms. The molecule has 1 aromatic heterocycles. The van der Waals surface area contributed by atoms with Crippen LogP contribution < -0.4 is 5.32 Å². The second kappa shape index (κ2) is 6.98. The largest absolute Gasteiger partial charge is 0.336 e. The summed E-state index contributed by atoms with van der Waals surface area (Å²) in [5.74, 6) is -0.237. The Kier molecular flexibility index (Phi) is 4.80. The number of halogens is 1. The molecule has 1 aliphatic rings. The van der Waals surface area contributed by atoms with Crippen LogP contribution in [-0.4, -0.2) is 42.0 Å². The first kappa shape index (κ1) is 15.1. The van der Waals surface area contributed by atoms with Crippen LogP contribution in [0.25, 0.3) is 0 Å². The lowest BCUT2D eigenvalue weighted by atomic mass is 10.1. The van der Waals surface area contributed by atoms with Crippen LogP contribution in [0.3, 0.4) is 0 Å². The maximum absolute atomic E-state index is 12.9. The molecule has 0 unspecified atom stereocenters. The van der Waals surface area contributed by atoms with E-state index in [0.717, 1.165) is 43.2 Å². The summed E-state index contributed by atoms with van der Waals surface area (Å²) in [6.45, 7) is 3.29. The minimum Gasteiger partial charge on any atom is -0.336 e. The van der Waals surface area contributed by atoms with Crippen LogP contribution in [0.15, 0.2) is 29.6 Å². The lowest BCUT2D eigenvalue weighted by molar-refractivity contribution is 0.0761. The molecule has 1 aliphatic heterocycles.